The molecular weight excluding hydrogens is 344 g/mol. The zero-order valence-corrected chi connectivity index (χ0v) is 14.6. The highest BCUT2D eigenvalue weighted by Gasteiger charge is 2.21. The van der Waals surface area contributed by atoms with Gasteiger partial charge in [-0.3, -0.25) is 4.79 Å². The summed E-state index contributed by atoms with van der Waals surface area (Å²) in [6.45, 7) is 0.108. The second-order valence-corrected chi connectivity index (χ2v) is 7.32. The fraction of sp³-hybridized carbons (Fsp3) is 0.235. The van der Waals surface area contributed by atoms with Gasteiger partial charge in [-0.2, -0.15) is 0 Å². The molecule has 0 fully saturated rings. The first-order chi connectivity index (χ1) is 11.9. The Bertz CT molecular complexity index is 925. The second kappa shape index (κ2) is 6.73. The van der Waals surface area contributed by atoms with Crippen LogP contribution < -0.4 is 19.5 Å². The van der Waals surface area contributed by atoms with Gasteiger partial charge < -0.3 is 14.8 Å². The molecule has 1 heterocycles. The summed E-state index contributed by atoms with van der Waals surface area (Å²) in [5.41, 5.74) is 2.07. The average molecular weight is 362 g/mol. The highest BCUT2D eigenvalue weighted by molar-refractivity contribution is 7.89. The lowest BCUT2D eigenvalue weighted by Gasteiger charge is -2.11. The molecule has 132 valence electrons. The Labute approximate surface area is 146 Å². The van der Waals surface area contributed by atoms with Crippen molar-refractivity contribution >= 4 is 21.6 Å². The molecule has 0 saturated heterocycles. The standard InChI is InChI=1S/C17H18N2O5S/c1-23-15-6-3-11(7-16(15)24-2)10-18-25(21,22)13-4-5-14-12(8-13)9-17(20)19-14/h3-8,18H,9-10H2,1-2H3,(H,19,20). The van der Waals surface area contributed by atoms with Crippen LogP contribution in [0.3, 0.4) is 0 Å². The zero-order valence-electron chi connectivity index (χ0n) is 13.8. The Kier molecular flexibility index (Phi) is 4.65. The van der Waals surface area contributed by atoms with Crippen LogP contribution in [0.15, 0.2) is 41.3 Å². The summed E-state index contributed by atoms with van der Waals surface area (Å²) < 4.78 is 37.9. The number of amides is 1. The van der Waals surface area contributed by atoms with Crippen LogP contribution in [0.4, 0.5) is 5.69 Å². The molecule has 1 aliphatic rings. The maximum Gasteiger partial charge on any atom is 0.240 e. The highest BCUT2D eigenvalue weighted by Crippen LogP contribution is 2.28. The number of rotatable bonds is 6. The number of nitrogens with one attached hydrogen (secondary N) is 2. The average Bonchev–Trinajstić information content (AvgIpc) is 2.98. The molecule has 0 unspecified atom stereocenters. The van der Waals surface area contributed by atoms with Crippen LogP contribution in [0.2, 0.25) is 0 Å². The summed E-state index contributed by atoms with van der Waals surface area (Å²) >= 11 is 0. The third-order valence-corrected chi connectivity index (χ3v) is 5.33. The van der Waals surface area contributed by atoms with Crippen LogP contribution in [0, 0.1) is 0 Å². The molecule has 0 aromatic heterocycles. The van der Waals surface area contributed by atoms with Gasteiger partial charge in [0.1, 0.15) is 0 Å². The molecule has 0 spiro atoms. The van der Waals surface area contributed by atoms with Crippen molar-refractivity contribution in [3.8, 4) is 11.5 Å². The van der Waals surface area contributed by atoms with E-state index in [1.54, 1.807) is 24.3 Å². The summed E-state index contributed by atoms with van der Waals surface area (Å²) in [4.78, 5) is 11.5. The summed E-state index contributed by atoms with van der Waals surface area (Å²) in [5, 5.41) is 2.68. The molecule has 25 heavy (non-hydrogen) atoms. The van der Waals surface area contributed by atoms with Crippen LogP contribution in [-0.2, 0) is 27.8 Å². The van der Waals surface area contributed by atoms with Gasteiger partial charge in [-0.05, 0) is 41.5 Å². The van der Waals surface area contributed by atoms with E-state index in [2.05, 4.69) is 10.0 Å². The van der Waals surface area contributed by atoms with E-state index in [0.29, 0.717) is 22.7 Å². The fourth-order valence-electron chi connectivity index (χ4n) is 2.63. The van der Waals surface area contributed by atoms with Gasteiger partial charge in [-0.25, -0.2) is 13.1 Å². The Morgan fingerprint density at radius 2 is 1.84 bits per heavy atom. The number of carbonyl (C=O) groups excluding carboxylic acids is 1. The second-order valence-electron chi connectivity index (χ2n) is 5.56. The zero-order chi connectivity index (χ0) is 18.0. The molecule has 1 amide bonds. The van der Waals surface area contributed by atoms with E-state index in [-0.39, 0.29) is 23.8 Å². The molecule has 0 aliphatic carbocycles. The van der Waals surface area contributed by atoms with Gasteiger partial charge in [-0.15, -0.1) is 0 Å². The Hall–Kier alpha value is -2.58. The van der Waals surface area contributed by atoms with E-state index >= 15 is 0 Å². The summed E-state index contributed by atoms with van der Waals surface area (Å²) in [5.74, 6) is 0.967. The van der Waals surface area contributed by atoms with Gasteiger partial charge in [0.05, 0.1) is 25.5 Å². The van der Waals surface area contributed by atoms with E-state index in [4.69, 9.17) is 9.47 Å². The minimum atomic E-state index is -3.69. The number of ether oxygens (including phenoxy) is 2. The molecule has 8 heteroatoms. The number of hydrogen-bond donors (Lipinski definition) is 2. The van der Waals surface area contributed by atoms with Crippen molar-refractivity contribution < 1.29 is 22.7 Å². The van der Waals surface area contributed by atoms with Crippen molar-refractivity contribution in [3.63, 3.8) is 0 Å². The van der Waals surface area contributed by atoms with E-state index in [9.17, 15) is 13.2 Å². The van der Waals surface area contributed by atoms with E-state index in [1.807, 2.05) is 0 Å². The van der Waals surface area contributed by atoms with Crippen molar-refractivity contribution in [2.75, 3.05) is 19.5 Å². The van der Waals surface area contributed by atoms with Crippen molar-refractivity contribution in [1.82, 2.24) is 4.72 Å². The van der Waals surface area contributed by atoms with E-state index in [1.165, 1.54) is 26.4 Å². The first-order valence-corrected chi connectivity index (χ1v) is 9.04. The van der Waals surface area contributed by atoms with Gasteiger partial charge in [-0.1, -0.05) is 6.07 Å². The van der Waals surface area contributed by atoms with Gasteiger partial charge in [0.25, 0.3) is 0 Å². The minimum Gasteiger partial charge on any atom is -0.493 e. The van der Waals surface area contributed by atoms with Crippen LogP contribution in [-0.4, -0.2) is 28.5 Å². The number of hydrogen-bond acceptors (Lipinski definition) is 5. The minimum absolute atomic E-state index is 0.108. The predicted molar refractivity (Wildman–Crippen MR) is 92.3 cm³/mol. The Balaban J connectivity index is 1.76. The van der Waals surface area contributed by atoms with Crippen molar-refractivity contribution in [2.45, 2.75) is 17.9 Å². The monoisotopic (exact) mass is 362 g/mol. The lowest BCUT2D eigenvalue weighted by atomic mass is 10.2. The summed E-state index contributed by atoms with van der Waals surface area (Å²) in [6, 6.07) is 9.79. The molecule has 3 rings (SSSR count). The first-order valence-electron chi connectivity index (χ1n) is 7.56. The van der Waals surface area contributed by atoms with Gasteiger partial charge in [0.15, 0.2) is 11.5 Å². The van der Waals surface area contributed by atoms with E-state index in [0.717, 1.165) is 5.56 Å². The van der Waals surface area contributed by atoms with Crippen molar-refractivity contribution in [3.05, 3.63) is 47.5 Å². The number of methoxy groups -OCH3 is 2. The van der Waals surface area contributed by atoms with Crippen LogP contribution in [0.25, 0.3) is 0 Å². The SMILES string of the molecule is COc1ccc(CNS(=O)(=O)c2ccc3c(c2)CC(=O)N3)cc1OC. The molecular formula is C17H18N2O5S. The largest absolute Gasteiger partial charge is 0.493 e. The molecule has 0 radical (unpaired) electrons. The number of sulfonamides is 1. The Morgan fingerprint density at radius 3 is 2.56 bits per heavy atom. The third-order valence-electron chi connectivity index (χ3n) is 3.93. The van der Waals surface area contributed by atoms with Crippen LogP contribution in [0.5, 0.6) is 11.5 Å². The number of carbonyl (C=O) groups is 1. The van der Waals surface area contributed by atoms with Gasteiger partial charge in [0.2, 0.25) is 15.9 Å². The maximum absolute atomic E-state index is 12.5. The number of anilines is 1. The lowest BCUT2D eigenvalue weighted by Crippen LogP contribution is -2.23. The Morgan fingerprint density at radius 1 is 1.08 bits per heavy atom. The smallest absolute Gasteiger partial charge is 0.240 e. The summed E-state index contributed by atoms with van der Waals surface area (Å²) in [7, 11) is -0.639. The van der Waals surface area contributed by atoms with Crippen LogP contribution in [0.1, 0.15) is 11.1 Å². The van der Waals surface area contributed by atoms with E-state index < -0.39 is 10.0 Å². The number of fused-ring (bicyclic) bond motifs is 1. The van der Waals surface area contributed by atoms with Crippen LogP contribution >= 0.6 is 0 Å². The fourth-order valence-corrected chi connectivity index (χ4v) is 3.69. The predicted octanol–water partition coefficient (Wildman–Crippen LogP) is 1.68. The highest BCUT2D eigenvalue weighted by atomic mass is 32.2. The molecule has 1 aliphatic heterocycles. The third kappa shape index (κ3) is 3.59. The van der Waals surface area contributed by atoms with Crippen molar-refractivity contribution in [1.29, 1.82) is 0 Å². The molecule has 0 atom stereocenters. The molecule has 2 N–H and O–H groups in total. The number of benzene rings is 2. The van der Waals surface area contributed by atoms with Crippen molar-refractivity contribution in [2.24, 2.45) is 0 Å². The quantitative estimate of drug-likeness (QED) is 0.815. The molecule has 0 bridgehead atoms. The maximum atomic E-state index is 12.5. The molecule has 2 aromatic rings. The lowest BCUT2D eigenvalue weighted by molar-refractivity contribution is -0.115. The molecule has 7 nitrogen and oxygen atoms in total. The van der Waals surface area contributed by atoms with Gasteiger partial charge >= 0.3 is 0 Å². The topological polar surface area (TPSA) is 93.7 Å². The van der Waals surface area contributed by atoms with Gasteiger partial charge in [0, 0.05) is 12.2 Å². The molecule has 0 saturated carbocycles. The molecule has 2 aromatic carbocycles. The first kappa shape index (κ1) is 17.2. The normalized spacial score (nSPS) is 13.3. The summed E-state index contributed by atoms with van der Waals surface area (Å²) in [6.07, 6.45) is 0.189.